The molecule has 24 heavy (non-hydrogen) atoms. The highest BCUT2D eigenvalue weighted by atomic mass is 32.2. The SMILES string of the molecule is CCSCc1cc(C(=O)N2CCC[C@@H]2Cn2ccnc2CC)no1. The van der Waals surface area contributed by atoms with Crippen molar-refractivity contribution in [2.45, 2.75) is 51.4 Å². The Bertz CT molecular complexity index is 682. The fourth-order valence-electron chi connectivity index (χ4n) is 3.17. The van der Waals surface area contributed by atoms with Crippen LogP contribution >= 0.6 is 11.8 Å². The van der Waals surface area contributed by atoms with E-state index in [4.69, 9.17) is 4.52 Å². The Morgan fingerprint density at radius 3 is 3.12 bits per heavy atom. The monoisotopic (exact) mass is 348 g/mol. The molecule has 0 N–H and O–H groups in total. The molecule has 1 aliphatic heterocycles. The van der Waals surface area contributed by atoms with Crippen molar-refractivity contribution in [1.82, 2.24) is 19.6 Å². The number of carbonyl (C=O) groups excluding carboxylic acids is 1. The Hall–Kier alpha value is -1.76. The predicted molar refractivity (Wildman–Crippen MR) is 94.0 cm³/mol. The van der Waals surface area contributed by atoms with Crippen LogP contribution in [-0.2, 0) is 18.7 Å². The van der Waals surface area contributed by atoms with Crippen LogP contribution in [0.25, 0.3) is 0 Å². The minimum absolute atomic E-state index is 0.0211. The minimum Gasteiger partial charge on any atom is -0.360 e. The Kier molecular flexibility index (Phi) is 5.60. The molecule has 1 fully saturated rings. The smallest absolute Gasteiger partial charge is 0.276 e. The number of carbonyl (C=O) groups is 1. The third kappa shape index (κ3) is 3.66. The van der Waals surface area contributed by atoms with Gasteiger partial charge in [0, 0.05) is 38.0 Å². The Morgan fingerprint density at radius 2 is 2.33 bits per heavy atom. The van der Waals surface area contributed by atoms with E-state index >= 15 is 0 Å². The standard InChI is InChI=1S/C17H24N4O2S/c1-3-16-18-7-9-20(16)11-13-6-5-8-21(13)17(22)15-10-14(23-19-15)12-24-4-2/h7,9-10,13H,3-6,8,11-12H2,1-2H3/t13-/m1/s1. The fourth-order valence-corrected chi connectivity index (χ4v) is 3.71. The molecule has 0 aliphatic carbocycles. The molecule has 6 nitrogen and oxygen atoms in total. The van der Waals surface area contributed by atoms with Gasteiger partial charge in [0.05, 0.1) is 11.8 Å². The third-order valence-electron chi connectivity index (χ3n) is 4.39. The average molecular weight is 348 g/mol. The Morgan fingerprint density at radius 1 is 1.46 bits per heavy atom. The summed E-state index contributed by atoms with van der Waals surface area (Å²) >= 11 is 1.76. The lowest BCUT2D eigenvalue weighted by Gasteiger charge is -2.24. The lowest BCUT2D eigenvalue weighted by molar-refractivity contribution is 0.0713. The van der Waals surface area contributed by atoms with E-state index in [0.29, 0.717) is 5.69 Å². The third-order valence-corrected chi connectivity index (χ3v) is 5.29. The van der Waals surface area contributed by atoms with Gasteiger partial charge in [-0.25, -0.2) is 4.98 Å². The first-order chi connectivity index (χ1) is 11.7. The second-order valence-electron chi connectivity index (χ2n) is 5.96. The van der Waals surface area contributed by atoms with E-state index in [2.05, 4.69) is 28.6 Å². The number of rotatable bonds is 7. The summed E-state index contributed by atoms with van der Waals surface area (Å²) in [5.74, 6) is 3.59. The maximum absolute atomic E-state index is 12.8. The van der Waals surface area contributed by atoms with Gasteiger partial charge in [0.15, 0.2) is 5.69 Å². The van der Waals surface area contributed by atoms with Crippen LogP contribution in [0.2, 0.25) is 0 Å². The van der Waals surface area contributed by atoms with Gasteiger partial charge >= 0.3 is 0 Å². The zero-order valence-corrected chi connectivity index (χ0v) is 15.1. The maximum Gasteiger partial charge on any atom is 0.276 e. The van der Waals surface area contributed by atoms with Crippen LogP contribution in [0.3, 0.4) is 0 Å². The van der Waals surface area contributed by atoms with Crippen molar-refractivity contribution in [1.29, 1.82) is 0 Å². The van der Waals surface area contributed by atoms with Gasteiger partial charge in [0.25, 0.3) is 5.91 Å². The molecule has 2 aromatic heterocycles. The van der Waals surface area contributed by atoms with Crippen molar-refractivity contribution in [3.05, 3.63) is 35.7 Å². The summed E-state index contributed by atoms with van der Waals surface area (Å²) in [6.07, 6.45) is 6.77. The highest BCUT2D eigenvalue weighted by molar-refractivity contribution is 7.98. The van der Waals surface area contributed by atoms with E-state index in [1.165, 1.54) is 0 Å². The van der Waals surface area contributed by atoms with E-state index in [1.54, 1.807) is 17.8 Å². The molecule has 0 bridgehead atoms. The van der Waals surface area contributed by atoms with Crippen molar-refractivity contribution in [3.63, 3.8) is 0 Å². The van der Waals surface area contributed by atoms with Crippen LogP contribution < -0.4 is 0 Å². The average Bonchev–Trinajstić information content (AvgIpc) is 3.33. The van der Waals surface area contributed by atoms with Crippen LogP contribution in [0.15, 0.2) is 23.0 Å². The number of nitrogens with zero attached hydrogens (tertiary/aromatic N) is 4. The van der Waals surface area contributed by atoms with Crippen LogP contribution in [0, 0.1) is 0 Å². The molecule has 1 amide bonds. The molecule has 3 heterocycles. The number of aromatic nitrogens is 3. The molecule has 1 saturated heterocycles. The second-order valence-corrected chi connectivity index (χ2v) is 7.23. The van der Waals surface area contributed by atoms with Gasteiger partial charge in [-0.3, -0.25) is 4.79 Å². The number of likely N-dealkylation sites (tertiary alicyclic amines) is 1. The zero-order chi connectivity index (χ0) is 16.9. The predicted octanol–water partition coefficient (Wildman–Crippen LogP) is 2.99. The highest BCUT2D eigenvalue weighted by Gasteiger charge is 2.31. The van der Waals surface area contributed by atoms with Gasteiger partial charge in [-0.1, -0.05) is 19.0 Å². The second kappa shape index (κ2) is 7.88. The number of hydrogen-bond acceptors (Lipinski definition) is 5. The van der Waals surface area contributed by atoms with Gasteiger partial charge in [-0.15, -0.1) is 0 Å². The Balaban J connectivity index is 1.68. The molecule has 3 rings (SSSR count). The number of aryl methyl sites for hydroxylation is 1. The molecule has 0 aromatic carbocycles. The molecule has 0 unspecified atom stereocenters. The first-order valence-electron chi connectivity index (χ1n) is 8.57. The van der Waals surface area contributed by atoms with Crippen molar-refractivity contribution in [2.75, 3.05) is 12.3 Å². The van der Waals surface area contributed by atoms with Gasteiger partial charge in [0.2, 0.25) is 0 Å². The van der Waals surface area contributed by atoms with Gasteiger partial charge in [-0.05, 0) is 18.6 Å². The Labute approximate surface area is 146 Å². The number of hydrogen-bond donors (Lipinski definition) is 0. The molecule has 7 heteroatoms. The lowest BCUT2D eigenvalue weighted by atomic mass is 10.2. The summed E-state index contributed by atoms with van der Waals surface area (Å²) in [5.41, 5.74) is 0.426. The molecule has 0 spiro atoms. The molecule has 1 aliphatic rings. The van der Waals surface area contributed by atoms with Crippen molar-refractivity contribution in [2.24, 2.45) is 0 Å². The minimum atomic E-state index is -0.0211. The largest absolute Gasteiger partial charge is 0.360 e. The maximum atomic E-state index is 12.8. The van der Waals surface area contributed by atoms with Gasteiger partial charge < -0.3 is 14.0 Å². The van der Waals surface area contributed by atoms with Gasteiger partial charge in [-0.2, -0.15) is 11.8 Å². The molecular formula is C17H24N4O2S. The summed E-state index contributed by atoms with van der Waals surface area (Å²) in [7, 11) is 0. The summed E-state index contributed by atoms with van der Waals surface area (Å²) in [6.45, 7) is 5.78. The normalized spacial score (nSPS) is 17.6. The van der Waals surface area contributed by atoms with Crippen LogP contribution in [0.5, 0.6) is 0 Å². The van der Waals surface area contributed by atoms with E-state index in [1.807, 2.05) is 17.3 Å². The summed E-state index contributed by atoms with van der Waals surface area (Å²) in [4.78, 5) is 19.1. The van der Waals surface area contributed by atoms with Crippen LogP contribution in [-0.4, -0.2) is 43.9 Å². The van der Waals surface area contributed by atoms with E-state index in [-0.39, 0.29) is 11.9 Å². The van der Waals surface area contributed by atoms with Crippen LogP contribution in [0.1, 0.15) is 48.8 Å². The zero-order valence-electron chi connectivity index (χ0n) is 14.3. The summed E-state index contributed by atoms with van der Waals surface area (Å²) in [5, 5.41) is 3.98. The van der Waals surface area contributed by atoms with Gasteiger partial charge in [0.1, 0.15) is 11.6 Å². The highest BCUT2D eigenvalue weighted by Crippen LogP contribution is 2.23. The van der Waals surface area contributed by atoms with E-state index in [9.17, 15) is 4.79 Å². The molecule has 130 valence electrons. The van der Waals surface area contributed by atoms with E-state index < -0.39 is 0 Å². The first kappa shape index (κ1) is 17.1. The lowest BCUT2D eigenvalue weighted by Crippen LogP contribution is -2.38. The summed E-state index contributed by atoms with van der Waals surface area (Å²) < 4.78 is 7.45. The molecule has 0 saturated carbocycles. The number of thioether (sulfide) groups is 1. The number of amides is 1. The van der Waals surface area contributed by atoms with Crippen molar-refractivity contribution < 1.29 is 9.32 Å². The first-order valence-corrected chi connectivity index (χ1v) is 9.72. The topological polar surface area (TPSA) is 64.2 Å². The quantitative estimate of drug-likeness (QED) is 0.770. The van der Waals surface area contributed by atoms with Crippen molar-refractivity contribution in [3.8, 4) is 0 Å². The van der Waals surface area contributed by atoms with Crippen molar-refractivity contribution >= 4 is 17.7 Å². The fraction of sp³-hybridized carbons (Fsp3) is 0.588. The molecule has 2 aromatic rings. The molecule has 1 atom stereocenters. The number of imidazole rings is 1. The molecular weight excluding hydrogens is 324 g/mol. The van der Waals surface area contributed by atoms with E-state index in [0.717, 1.165) is 55.4 Å². The molecule has 0 radical (unpaired) electrons. The summed E-state index contributed by atoms with van der Waals surface area (Å²) in [6, 6.07) is 1.98. The van der Waals surface area contributed by atoms with Crippen LogP contribution in [0.4, 0.5) is 0 Å².